The highest BCUT2D eigenvalue weighted by molar-refractivity contribution is 5.76. The maximum absolute atomic E-state index is 12.5. The van der Waals surface area contributed by atoms with Crippen molar-refractivity contribution >= 4 is 5.91 Å². The van der Waals surface area contributed by atoms with Crippen molar-refractivity contribution in [2.24, 2.45) is 0 Å². The number of aromatic nitrogens is 2. The Morgan fingerprint density at radius 3 is 2.67 bits per heavy atom. The summed E-state index contributed by atoms with van der Waals surface area (Å²) in [6.07, 6.45) is 0.882. The van der Waals surface area contributed by atoms with Gasteiger partial charge in [0.2, 0.25) is 5.91 Å². The third-order valence-corrected chi connectivity index (χ3v) is 4.67. The van der Waals surface area contributed by atoms with Crippen LogP contribution in [0.15, 0.2) is 29.1 Å². The first-order valence-electron chi connectivity index (χ1n) is 8.84. The molecule has 2 heterocycles. The molecule has 27 heavy (non-hydrogen) atoms. The largest absolute Gasteiger partial charge is 0.345 e. The maximum atomic E-state index is 12.5. The number of hydrogen-bond acceptors (Lipinski definition) is 7. The molecule has 5 N–H and O–H groups in total. The predicted molar refractivity (Wildman–Crippen MR) is 101 cm³/mol. The molecule has 1 amide bonds. The van der Waals surface area contributed by atoms with E-state index in [0.29, 0.717) is 25.1 Å². The van der Waals surface area contributed by atoms with E-state index in [0.717, 1.165) is 22.4 Å². The Morgan fingerprint density at radius 1 is 1.22 bits per heavy atom. The van der Waals surface area contributed by atoms with E-state index in [9.17, 15) is 9.59 Å². The predicted octanol–water partition coefficient (Wildman–Crippen LogP) is 0.0935. The molecule has 0 saturated carbocycles. The Balaban J connectivity index is 1.59. The van der Waals surface area contributed by atoms with Crippen molar-refractivity contribution in [1.29, 1.82) is 0 Å². The van der Waals surface area contributed by atoms with Gasteiger partial charge in [-0.15, -0.1) is 0 Å². The van der Waals surface area contributed by atoms with Gasteiger partial charge >= 0.3 is 5.69 Å². The molecular weight excluding hydrogens is 346 g/mol. The van der Waals surface area contributed by atoms with E-state index < -0.39 is 0 Å². The van der Waals surface area contributed by atoms with E-state index in [-0.39, 0.29) is 17.8 Å². The minimum absolute atomic E-state index is 0.0374. The van der Waals surface area contributed by atoms with Crippen LogP contribution in [0.4, 0.5) is 0 Å². The van der Waals surface area contributed by atoms with Gasteiger partial charge in [0.25, 0.3) is 0 Å². The van der Waals surface area contributed by atoms with Crippen LogP contribution in [0.2, 0.25) is 0 Å². The molecule has 0 radical (unpaired) electrons. The summed E-state index contributed by atoms with van der Waals surface area (Å²) in [7, 11) is 1.80. The SMILES string of the molecule is Cc1nc(=O)[nH]c(C)c1CCC(=O)N(C)Cc1cccc(C2NNNN2)c1. The van der Waals surface area contributed by atoms with E-state index in [4.69, 9.17) is 0 Å². The van der Waals surface area contributed by atoms with Crippen molar-refractivity contribution in [3.63, 3.8) is 0 Å². The van der Waals surface area contributed by atoms with E-state index in [2.05, 4.69) is 38.0 Å². The van der Waals surface area contributed by atoms with Gasteiger partial charge in [0.05, 0.1) is 0 Å². The number of aromatic amines is 1. The van der Waals surface area contributed by atoms with E-state index in [1.165, 1.54) is 0 Å². The van der Waals surface area contributed by atoms with Crippen LogP contribution in [-0.4, -0.2) is 27.8 Å². The van der Waals surface area contributed by atoms with Gasteiger partial charge in [0.15, 0.2) is 0 Å². The van der Waals surface area contributed by atoms with Gasteiger partial charge in [0, 0.05) is 31.4 Å². The minimum Gasteiger partial charge on any atom is -0.341 e. The molecule has 0 bridgehead atoms. The van der Waals surface area contributed by atoms with E-state index in [1.807, 2.05) is 25.1 Å². The Kier molecular flexibility index (Phi) is 5.97. The summed E-state index contributed by atoms with van der Waals surface area (Å²) in [6, 6.07) is 8.05. The molecule has 9 heteroatoms. The van der Waals surface area contributed by atoms with Crippen molar-refractivity contribution in [3.05, 3.63) is 62.8 Å². The number of rotatable bonds is 6. The summed E-state index contributed by atoms with van der Waals surface area (Å²) in [4.78, 5) is 32.2. The molecule has 1 aromatic heterocycles. The third kappa shape index (κ3) is 4.77. The van der Waals surface area contributed by atoms with Gasteiger partial charge < -0.3 is 9.88 Å². The standard InChI is InChI=1S/C18H25N7O2/c1-11-15(12(2)20-18(27)19-11)7-8-16(26)25(3)10-13-5-4-6-14(9-13)17-21-23-24-22-17/h4-6,9,17,21-24H,7-8,10H2,1-3H3,(H,19,20,27). The van der Waals surface area contributed by atoms with E-state index in [1.54, 1.807) is 18.9 Å². The number of aryl methyl sites for hydroxylation is 2. The molecular formula is C18H25N7O2. The van der Waals surface area contributed by atoms with Crippen molar-refractivity contribution in [3.8, 4) is 0 Å². The first-order chi connectivity index (χ1) is 12.9. The number of hydrazine groups is 3. The number of hydrogen-bond donors (Lipinski definition) is 5. The summed E-state index contributed by atoms with van der Waals surface area (Å²) in [5, 5.41) is 0. The average molecular weight is 371 g/mol. The zero-order valence-electron chi connectivity index (χ0n) is 15.7. The fourth-order valence-electron chi connectivity index (χ4n) is 3.20. The average Bonchev–Trinajstić information content (AvgIpc) is 3.15. The summed E-state index contributed by atoms with van der Waals surface area (Å²) in [5.74, 6) is 0.0471. The molecule has 1 fully saturated rings. The summed E-state index contributed by atoms with van der Waals surface area (Å²) >= 11 is 0. The number of carbonyl (C=O) groups is 1. The van der Waals surface area contributed by atoms with Crippen LogP contribution in [0, 0.1) is 13.8 Å². The molecule has 0 aliphatic carbocycles. The monoisotopic (exact) mass is 371 g/mol. The molecule has 9 nitrogen and oxygen atoms in total. The first-order valence-corrected chi connectivity index (χ1v) is 8.84. The quantitative estimate of drug-likeness (QED) is 0.489. The van der Waals surface area contributed by atoms with Gasteiger partial charge in [-0.1, -0.05) is 24.3 Å². The van der Waals surface area contributed by atoms with Gasteiger partial charge in [-0.2, -0.15) is 16.1 Å². The van der Waals surface area contributed by atoms with Crippen LogP contribution in [0.3, 0.4) is 0 Å². The Labute approximate surface area is 157 Å². The van der Waals surface area contributed by atoms with Crippen LogP contribution >= 0.6 is 0 Å². The fraction of sp³-hybridized carbons (Fsp3) is 0.389. The first kappa shape index (κ1) is 19.2. The number of H-pyrrole nitrogens is 1. The molecule has 2 aromatic rings. The molecule has 1 saturated heterocycles. The molecule has 3 rings (SSSR count). The van der Waals surface area contributed by atoms with Gasteiger partial charge in [-0.05, 0) is 37.0 Å². The second kappa shape index (κ2) is 8.40. The van der Waals surface area contributed by atoms with Crippen molar-refractivity contribution in [2.45, 2.75) is 39.4 Å². The third-order valence-electron chi connectivity index (χ3n) is 4.67. The Morgan fingerprint density at radius 2 is 1.96 bits per heavy atom. The number of nitrogens with zero attached hydrogens (tertiary/aromatic N) is 2. The highest BCUT2D eigenvalue weighted by atomic mass is 16.2. The fourth-order valence-corrected chi connectivity index (χ4v) is 3.20. The molecule has 144 valence electrons. The number of carbonyl (C=O) groups excluding carboxylic acids is 1. The molecule has 1 aliphatic rings. The van der Waals surface area contributed by atoms with Crippen molar-refractivity contribution < 1.29 is 4.79 Å². The van der Waals surface area contributed by atoms with Gasteiger partial charge in [-0.25, -0.2) is 15.6 Å². The van der Waals surface area contributed by atoms with Gasteiger partial charge in [0.1, 0.15) is 6.17 Å². The smallest absolute Gasteiger partial charge is 0.341 e. The molecule has 0 spiro atoms. The zero-order chi connectivity index (χ0) is 19.4. The van der Waals surface area contributed by atoms with Crippen LogP contribution in [0.1, 0.15) is 40.7 Å². The highest BCUT2D eigenvalue weighted by Gasteiger charge is 2.16. The number of amides is 1. The zero-order valence-corrected chi connectivity index (χ0v) is 15.7. The Bertz CT molecular complexity index is 848. The van der Waals surface area contributed by atoms with Crippen LogP contribution in [-0.2, 0) is 17.8 Å². The van der Waals surface area contributed by atoms with Gasteiger partial charge in [-0.3, -0.25) is 4.79 Å². The van der Waals surface area contributed by atoms with Crippen LogP contribution < -0.4 is 27.6 Å². The Hall–Kier alpha value is -2.59. The highest BCUT2D eigenvalue weighted by Crippen LogP contribution is 2.15. The minimum atomic E-state index is -0.353. The molecule has 1 aliphatic heterocycles. The lowest BCUT2D eigenvalue weighted by molar-refractivity contribution is -0.130. The normalized spacial score (nSPS) is 14.5. The maximum Gasteiger partial charge on any atom is 0.345 e. The lowest BCUT2D eigenvalue weighted by Gasteiger charge is -2.19. The lowest BCUT2D eigenvalue weighted by atomic mass is 10.1. The van der Waals surface area contributed by atoms with Crippen molar-refractivity contribution in [1.82, 2.24) is 36.8 Å². The number of nitrogens with one attached hydrogen (secondary N) is 5. The second-order valence-electron chi connectivity index (χ2n) is 6.70. The van der Waals surface area contributed by atoms with E-state index >= 15 is 0 Å². The molecule has 0 unspecified atom stereocenters. The number of benzene rings is 1. The molecule has 0 atom stereocenters. The molecule has 1 aromatic carbocycles. The summed E-state index contributed by atoms with van der Waals surface area (Å²) in [5.41, 5.74) is 15.8. The lowest BCUT2D eigenvalue weighted by Crippen LogP contribution is -2.33. The topological polar surface area (TPSA) is 114 Å². The summed E-state index contributed by atoms with van der Waals surface area (Å²) in [6.45, 7) is 4.16. The van der Waals surface area contributed by atoms with Crippen LogP contribution in [0.5, 0.6) is 0 Å². The van der Waals surface area contributed by atoms with Crippen LogP contribution in [0.25, 0.3) is 0 Å². The second-order valence-corrected chi connectivity index (χ2v) is 6.70. The summed E-state index contributed by atoms with van der Waals surface area (Å²) < 4.78 is 0. The van der Waals surface area contributed by atoms with Crippen molar-refractivity contribution in [2.75, 3.05) is 7.05 Å².